The first-order valence-electron chi connectivity index (χ1n) is 10.7. The fraction of sp³-hybridized carbons (Fsp3) is 0.304. The van der Waals surface area contributed by atoms with Crippen molar-refractivity contribution in [2.24, 2.45) is 0 Å². The van der Waals surface area contributed by atoms with Gasteiger partial charge in [-0.3, -0.25) is 4.79 Å². The number of amides is 1. The number of carbonyl (C=O) groups excluding carboxylic acids is 2. The van der Waals surface area contributed by atoms with Crippen molar-refractivity contribution in [2.45, 2.75) is 42.5 Å². The highest BCUT2D eigenvalue weighted by Crippen LogP contribution is 2.24. The maximum atomic E-state index is 13.3. The first kappa shape index (κ1) is 28.4. The Hall–Kier alpha value is -3.84. The number of benzene rings is 2. The third kappa shape index (κ3) is 7.85. The smallest absolute Gasteiger partial charge is 0.339 e. The average Bonchev–Trinajstić information content (AvgIpc) is 2.81. The van der Waals surface area contributed by atoms with E-state index in [1.807, 2.05) is 0 Å². The zero-order chi connectivity index (χ0) is 26.9. The van der Waals surface area contributed by atoms with Gasteiger partial charge in [0.2, 0.25) is 15.9 Å². The number of sulfonamides is 1. The molecule has 36 heavy (non-hydrogen) atoms. The molecule has 1 amide bonds. The molecule has 0 heterocycles. The molecule has 0 fully saturated rings. The monoisotopic (exact) mass is 524 g/mol. The second-order valence-corrected chi connectivity index (χ2v) is 9.55. The molecular formula is C23H25FN2O9S. The molecule has 0 aliphatic rings. The Morgan fingerprint density at radius 3 is 2.28 bits per heavy atom. The van der Waals surface area contributed by atoms with Gasteiger partial charge in [-0.15, -0.1) is 0 Å². The number of aromatic carboxylic acids is 1. The van der Waals surface area contributed by atoms with Crippen LogP contribution in [0.4, 0.5) is 4.39 Å². The lowest BCUT2D eigenvalue weighted by atomic mass is 9.92. The van der Waals surface area contributed by atoms with Gasteiger partial charge in [-0.2, -0.15) is 0 Å². The van der Waals surface area contributed by atoms with Crippen LogP contribution in [-0.4, -0.2) is 60.5 Å². The molecule has 2 rings (SSSR count). The summed E-state index contributed by atoms with van der Waals surface area (Å²) in [6.07, 6.45) is 0.657. The van der Waals surface area contributed by atoms with Gasteiger partial charge >= 0.3 is 11.9 Å². The molecule has 0 spiro atoms. The topological polar surface area (TPSA) is 187 Å². The Labute approximate surface area is 206 Å². The maximum absolute atomic E-state index is 13.3. The second kappa shape index (κ2) is 12.7. The minimum atomic E-state index is -4.08. The van der Waals surface area contributed by atoms with Gasteiger partial charge in [0.15, 0.2) is 0 Å². The van der Waals surface area contributed by atoms with Crippen LogP contribution < -0.4 is 10.0 Å². The molecule has 0 aliphatic carbocycles. The van der Waals surface area contributed by atoms with Crippen LogP contribution in [0.25, 0.3) is 0 Å². The third-order valence-corrected chi connectivity index (χ3v) is 6.71. The normalized spacial score (nSPS) is 12.9. The van der Waals surface area contributed by atoms with E-state index >= 15 is 0 Å². The lowest BCUT2D eigenvalue weighted by molar-refractivity contribution is -0.142. The molecule has 0 saturated carbocycles. The Morgan fingerprint density at radius 1 is 1.03 bits per heavy atom. The number of aliphatic carboxylic acids is 1. The summed E-state index contributed by atoms with van der Waals surface area (Å²) in [7, 11) is -4.08. The summed E-state index contributed by atoms with van der Waals surface area (Å²) in [4.78, 5) is 45.5. The van der Waals surface area contributed by atoms with E-state index in [1.54, 1.807) is 0 Å². The van der Waals surface area contributed by atoms with Gasteiger partial charge < -0.3 is 25.4 Å². The summed E-state index contributed by atoms with van der Waals surface area (Å²) in [5.41, 5.74) is -0.157. The fourth-order valence-corrected chi connectivity index (χ4v) is 4.45. The molecule has 0 radical (unpaired) electrons. The van der Waals surface area contributed by atoms with E-state index in [4.69, 9.17) is 5.11 Å². The molecule has 2 atom stereocenters. The van der Waals surface area contributed by atoms with Crippen molar-refractivity contribution >= 4 is 34.2 Å². The lowest BCUT2D eigenvalue weighted by Gasteiger charge is -2.20. The number of halogens is 1. The number of unbranched alkanes of at least 4 members (excludes halogenated alkanes) is 1. The van der Waals surface area contributed by atoms with Gasteiger partial charge in [-0.1, -0.05) is 18.6 Å². The van der Waals surface area contributed by atoms with Crippen molar-refractivity contribution in [3.63, 3.8) is 0 Å². The molecule has 2 aromatic rings. The number of rotatable bonds is 14. The van der Waals surface area contributed by atoms with Gasteiger partial charge in [0.25, 0.3) is 0 Å². The van der Waals surface area contributed by atoms with E-state index in [1.165, 1.54) is 12.1 Å². The lowest BCUT2D eigenvalue weighted by Crippen LogP contribution is -2.43. The van der Waals surface area contributed by atoms with Crippen LogP contribution in [0.2, 0.25) is 0 Å². The number of carboxylic acid groups (broad SMARTS) is 2. The van der Waals surface area contributed by atoms with Crippen molar-refractivity contribution in [3.8, 4) is 5.75 Å². The van der Waals surface area contributed by atoms with E-state index in [-0.39, 0.29) is 24.3 Å². The van der Waals surface area contributed by atoms with Gasteiger partial charge in [0, 0.05) is 13.0 Å². The summed E-state index contributed by atoms with van der Waals surface area (Å²) < 4.78 is 40.5. The molecule has 0 bridgehead atoms. The molecule has 11 nitrogen and oxygen atoms in total. The molecule has 0 aromatic heterocycles. The minimum absolute atomic E-state index is 0.0632. The van der Waals surface area contributed by atoms with Crippen molar-refractivity contribution in [1.82, 2.24) is 10.0 Å². The summed E-state index contributed by atoms with van der Waals surface area (Å²) in [5, 5.41) is 30.1. The molecule has 1 unspecified atom stereocenters. The van der Waals surface area contributed by atoms with Crippen LogP contribution in [0.5, 0.6) is 5.75 Å². The summed E-state index contributed by atoms with van der Waals surface area (Å²) >= 11 is 0. The van der Waals surface area contributed by atoms with Crippen molar-refractivity contribution < 1.29 is 47.3 Å². The standard InChI is InChI=1S/C23H25FN2O9S/c24-15-6-4-14(5-7-15)17(21(29)26-19(10-12-27)23(32)33)3-1-2-11-25-36(34,35)16-8-9-20(28)18(13-16)22(30)31/h4-9,12-13,17,19,25,28H,1-3,10-11H2,(H,26,29)(H,30,31)(H,32,33)/t17?,19-/m0/s1. The van der Waals surface area contributed by atoms with Crippen molar-refractivity contribution in [2.75, 3.05) is 6.54 Å². The Balaban J connectivity index is 2.04. The van der Waals surface area contributed by atoms with Gasteiger partial charge in [0.1, 0.15) is 29.5 Å². The minimum Gasteiger partial charge on any atom is -0.507 e. The molecular weight excluding hydrogens is 499 g/mol. The number of aromatic hydroxyl groups is 1. The number of phenols is 1. The molecule has 13 heteroatoms. The first-order valence-corrected chi connectivity index (χ1v) is 12.2. The second-order valence-electron chi connectivity index (χ2n) is 7.78. The highest BCUT2D eigenvalue weighted by Gasteiger charge is 2.26. The number of aldehydes is 1. The van der Waals surface area contributed by atoms with E-state index in [0.717, 1.165) is 30.3 Å². The van der Waals surface area contributed by atoms with Crippen molar-refractivity contribution in [3.05, 3.63) is 59.4 Å². The highest BCUT2D eigenvalue weighted by molar-refractivity contribution is 7.89. The molecule has 0 saturated heterocycles. The molecule has 0 aliphatic heterocycles. The zero-order valence-corrected chi connectivity index (χ0v) is 19.7. The number of hydrogen-bond donors (Lipinski definition) is 5. The van der Waals surface area contributed by atoms with Gasteiger partial charge in [0.05, 0.1) is 10.8 Å². The van der Waals surface area contributed by atoms with Crippen LogP contribution in [0.3, 0.4) is 0 Å². The van der Waals surface area contributed by atoms with E-state index < -0.39 is 63.4 Å². The quantitative estimate of drug-likeness (QED) is 0.181. The molecule has 5 N–H and O–H groups in total. The maximum Gasteiger partial charge on any atom is 0.339 e. The number of nitrogens with one attached hydrogen (secondary N) is 2. The number of carbonyl (C=O) groups is 4. The van der Waals surface area contributed by atoms with Crippen LogP contribution in [-0.2, 0) is 24.4 Å². The Kier molecular flexibility index (Phi) is 10.1. The third-order valence-electron chi connectivity index (χ3n) is 5.26. The largest absolute Gasteiger partial charge is 0.507 e. The summed E-state index contributed by atoms with van der Waals surface area (Å²) in [6, 6.07) is 6.46. The Bertz CT molecular complexity index is 1220. The first-order chi connectivity index (χ1) is 17.0. The van der Waals surface area contributed by atoms with Crippen LogP contribution >= 0.6 is 0 Å². The fourth-order valence-electron chi connectivity index (χ4n) is 3.35. The van der Waals surface area contributed by atoms with E-state index in [9.17, 15) is 42.2 Å². The molecule has 2 aromatic carbocycles. The van der Waals surface area contributed by atoms with Crippen LogP contribution in [0.15, 0.2) is 47.4 Å². The number of hydrogen-bond acceptors (Lipinski definition) is 7. The summed E-state index contributed by atoms with van der Waals surface area (Å²) in [5.74, 6) is -5.55. The molecule has 194 valence electrons. The van der Waals surface area contributed by atoms with Crippen LogP contribution in [0.1, 0.15) is 47.5 Å². The SMILES string of the molecule is O=CC[C@H](NC(=O)C(CCCCNS(=O)(=O)c1ccc(O)c(C(=O)O)c1)c1ccc(F)cc1)C(=O)O. The predicted octanol–water partition coefficient (Wildman–Crippen LogP) is 1.62. The number of carboxylic acids is 2. The average molecular weight is 525 g/mol. The van der Waals surface area contributed by atoms with Crippen LogP contribution in [0, 0.1) is 5.82 Å². The van der Waals surface area contributed by atoms with Gasteiger partial charge in [-0.05, 0) is 48.7 Å². The van der Waals surface area contributed by atoms with Gasteiger partial charge in [-0.25, -0.2) is 27.1 Å². The van der Waals surface area contributed by atoms with E-state index in [2.05, 4.69) is 10.0 Å². The highest BCUT2D eigenvalue weighted by atomic mass is 32.2. The Morgan fingerprint density at radius 2 is 1.69 bits per heavy atom. The predicted molar refractivity (Wildman–Crippen MR) is 123 cm³/mol. The van der Waals surface area contributed by atoms with Crippen molar-refractivity contribution in [1.29, 1.82) is 0 Å². The summed E-state index contributed by atoms with van der Waals surface area (Å²) in [6.45, 7) is -0.0632. The zero-order valence-electron chi connectivity index (χ0n) is 18.9. The van der Waals surface area contributed by atoms with E-state index in [0.29, 0.717) is 18.3 Å².